The van der Waals surface area contributed by atoms with Gasteiger partial charge in [0.25, 0.3) is 0 Å². The molecule has 7 heteroatoms. The summed E-state index contributed by atoms with van der Waals surface area (Å²) in [6.45, 7) is 1.64. The van der Waals surface area contributed by atoms with Crippen molar-refractivity contribution in [2.75, 3.05) is 5.73 Å². The molecule has 3 saturated heterocycles. The van der Waals surface area contributed by atoms with Crippen LogP contribution in [-0.2, 0) is 25.5 Å². The molecule has 3 heterocycles. The molecule has 7 nitrogen and oxygen atoms in total. The van der Waals surface area contributed by atoms with Gasteiger partial charge < -0.3 is 15.8 Å². The van der Waals surface area contributed by atoms with Gasteiger partial charge in [-0.3, -0.25) is 19.3 Å². The lowest BCUT2D eigenvalue weighted by Crippen LogP contribution is -2.50. The lowest BCUT2D eigenvalue weighted by molar-refractivity contribution is -0.149. The number of rotatable bonds is 3. The lowest BCUT2D eigenvalue weighted by atomic mass is 9.81. The van der Waals surface area contributed by atoms with Crippen molar-refractivity contribution in [3.8, 4) is 0 Å². The molecule has 5 rings (SSSR count). The number of benzene rings is 1. The molecule has 3 amide bonds. The van der Waals surface area contributed by atoms with Crippen LogP contribution in [0, 0.1) is 11.8 Å². The predicted octanol–water partition coefficient (Wildman–Crippen LogP) is 1.31. The molecule has 6 atom stereocenters. The molecule has 3 fully saturated rings. The Bertz CT molecular complexity index is 841. The van der Waals surface area contributed by atoms with Gasteiger partial charge in [0.15, 0.2) is 0 Å². The number of carbonyl (C=O) groups is 3. The SMILES string of the molecule is CC(C(=O)NC1CCCc2cc(N)ccc21)N1C(=O)C2C3CCC(O3)C2C1=O. The first-order chi connectivity index (χ1) is 13.5. The highest BCUT2D eigenvalue weighted by atomic mass is 16.5. The third kappa shape index (κ3) is 2.49. The second-order valence-electron chi connectivity index (χ2n) is 8.48. The lowest BCUT2D eigenvalue weighted by Gasteiger charge is -2.30. The Labute approximate surface area is 163 Å². The molecular weight excluding hydrogens is 358 g/mol. The number of anilines is 1. The molecule has 1 aromatic carbocycles. The van der Waals surface area contributed by atoms with E-state index in [0.29, 0.717) is 0 Å². The number of likely N-dealkylation sites (tertiary alicyclic amines) is 1. The topological polar surface area (TPSA) is 102 Å². The molecule has 3 aliphatic heterocycles. The van der Waals surface area contributed by atoms with E-state index in [1.165, 1.54) is 4.90 Å². The van der Waals surface area contributed by atoms with Gasteiger partial charge in [0.1, 0.15) is 6.04 Å². The highest BCUT2D eigenvalue weighted by molar-refractivity contribution is 6.09. The number of carbonyl (C=O) groups excluding carboxylic acids is 3. The maximum atomic E-state index is 13.0. The number of ether oxygens (including phenoxy) is 1. The average molecular weight is 383 g/mol. The Morgan fingerprint density at radius 1 is 1.18 bits per heavy atom. The largest absolute Gasteiger partial charge is 0.399 e. The van der Waals surface area contributed by atoms with E-state index < -0.39 is 17.9 Å². The fraction of sp³-hybridized carbons (Fsp3) is 0.571. The van der Waals surface area contributed by atoms with E-state index in [2.05, 4.69) is 5.32 Å². The summed E-state index contributed by atoms with van der Waals surface area (Å²) in [5.41, 5.74) is 8.83. The molecule has 1 aromatic rings. The van der Waals surface area contributed by atoms with Crippen molar-refractivity contribution in [2.24, 2.45) is 11.8 Å². The van der Waals surface area contributed by atoms with Crippen LogP contribution in [0.2, 0.25) is 0 Å². The van der Waals surface area contributed by atoms with Gasteiger partial charge in [0, 0.05) is 5.69 Å². The molecule has 0 spiro atoms. The normalized spacial score (nSPS) is 34.3. The quantitative estimate of drug-likeness (QED) is 0.605. The summed E-state index contributed by atoms with van der Waals surface area (Å²) in [7, 11) is 0. The summed E-state index contributed by atoms with van der Waals surface area (Å²) in [5.74, 6) is -1.59. The van der Waals surface area contributed by atoms with E-state index in [1.807, 2.05) is 18.2 Å². The fourth-order valence-electron chi connectivity index (χ4n) is 5.51. The van der Waals surface area contributed by atoms with Crippen molar-refractivity contribution in [1.82, 2.24) is 10.2 Å². The number of amides is 3. The highest BCUT2D eigenvalue weighted by Crippen LogP contribution is 2.48. The summed E-state index contributed by atoms with van der Waals surface area (Å²) in [4.78, 5) is 39.9. The number of hydrogen-bond donors (Lipinski definition) is 2. The van der Waals surface area contributed by atoms with E-state index >= 15 is 0 Å². The van der Waals surface area contributed by atoms with Crippen molar-refractivity contribution in [1.29, 1.82) is 0 Å². The monoisotopic (exact) mass is 383 g/mol. The fourth-order valence-corrected chi connectivity index (χ4v) is 5.51. The number of nitrogens with zero attached hydrogens (tertiary/aromatic N) is 1. The minimum absolute atomic E-state index is 0.119. The Morgan fingerprint density at radius 2 is 1.86 bits per heavy atom. The van der Waals surface area contributed by atoms with E-state index in [9.17, 15) is 14.4 Å². The maximum Gasteiger partial charge on any atom is 0.243 e. The summed E-state index contributed by atoms with van der Waals surface area (Å²) >= 11 is 0. The minimum atomic E-state index is -0.816. The molecule has 2 bridgehead atoms. The molecule has 6 unspecified atom stereocenters. The van der Waals surface area contributed by atoms with Crippen molar-refractivity contribution in [2.45, 2.75) is 63.3 Å². The predicted molar refractivity (Wildman–Crippen MR) is 101 cm³/mol. The first kappa shape index (κ1) is 17.7. The number of nitrogens with two attached hydrogens (primary N) is 1. The number of imide groups is 1. The number of fused-ring (bicyclic) bond motifs is 6. The summed E-state index contributed by atoms with van der Waals surface area (Å²) in [6.07, 6.45) is 4.05. The van der Waals surface area contributed by atoms with Crippen LogP contribution >= 0.6 is 0 Å². The molecule has 148 valence electrons. The highest BCUT2D eigenvalue weighted by Gasteiger charge is 2.63. The van der Waals surface area contributed by atoms with Crippen LogP contribution in [0.5, 0.6) is 0 Å². The van der Waals surface area contributed by atoms with E-state index in [4.69, 9.17) is 10.5 Å². The summed E-state index contributed by atoms with van der Waals surface area (Å²) < 4.78 is 5.76. The van der Waals surface area contributed by atoms with Gasteiger partial charge in [-0.1, -0.05) is 6.07 Å². The molecule has 0 radical (unpaired) electrons. The second-order valence-corrected chi connectivity index (χ2v) is 8.48. The first-order valence-corrected chi connectivity index (χ1v) is 10.2. The standard InChI is InChI=1S/C21H25N3O4/c1-10(24-20(26)17-15-7-8-16(28-15)18(17)21(24)27)19(25)23-14-4-2-3-11-9-12(22)5-6-13(11)14/h5-6,9-10,14-18H,2-4,7-8,22H2,1H3,(H,23,25). The van der Waals surface area contributed by atoms with Gasteiger partial charge in [-0.15, -0.1) is 0 Å². The molecule has 0 aromatic heterocycles. The van der Waals surface area contributed by atoms with Crippen LogP contribution in [0.4, 0.5) is 5.69 Å². The van der Waals surface area contributed by atoms with E-state index in [1.54, 1.807) is 6.92 Å². The minimum Gasteiger partial charge on any atom is -0.399 e. The zero-order valence-corrected chi connectivity index (χ0v) is 15.9. The molecular formula is C21H25N3O4. The van der Waals surface area contributed by atoms with Crippen LogP contribution in [0.25, 0.3) is 0 Å². The molecule has 1 aliphatic carbocycles. The summed E-state index contributed by atoms with van der Waals surface area (Å²) in [5, 5.41) is 3.06. The van der Waals surface area contributed by atoms with Crippen LogP contribution in [0.3, 0.4) is 0 Å². The smallest absolute Gasteiger partial charge is 0.243 e. The molecule has 4 aliphatic rings. The summed E-state index contributed by atoms with van der Waals surface area (Å²) in [6, 6.07) is 4.83. The van der Waals surface area contributed by atoms with Gasteiger partial charge in [0.2, 0.25) is 17.7 Å². The zero-order valence-electron chi connectivity index (χ0n) is 15.9. The van der Waals surface area contributed by atoms with Gasteiger partial charge in [-0.05, 0) is 62.3 Å². The molecule has 0 saturated carbocycles. The second kappa shape index (κ2) is 6.30. The van der Waals surface area contributed by atoms with Crippen molar-refractivity contribution >= 4 is 23.4 Å². The van der Waals surface area contributed by atoms with Crippen LogP contribution < -0.4 is 11.1 Å². The van der Waals surface area contributed by atoms with Crippen LogP contribution in [0.15, 0.2) is 18.2 Å². The number of hydrogen-bond acceptors (Lipinski definition) is 5. The van der Waals surface area contributed by atoms with Gasteiger partial charge >= 0.3 is 0 Å². The zero-order chi connectivity index (χ0) is 19.6. The maximum absolute atomic E-state index is 13.0. The third-order valence-corrected chi connectivity index (χ3v) is 6.88. The third-order valence-electron chi connectivity index (χ3n) is 6.88. The van der Waals surface area contributed by atoms with Crippen molar-refractivity contribution in [3.63, 3.8) is 0 Å². The van der Waals surface area contributed by atoms with Crippen LogP contribution in [0.1, 0.15) is 49.8 Å². The molecule has 3 N–H and O–H groups in total. The Morgan fingerprint density at radius 3 is 2.54 bits per heavy atom. The van der Waals surface area contributed by atoms with Gasteiger partial charge in [-0.25, -0.2) is 0 Å². The Hall–Kier alpha value is -2.41. The van der Waals surface area contributed by atoms with Gasteiger partial charge in [0.05, 0.1) is 30.1 Å². The average Bonchev–Trinajstić information content (AvgIpc) is 3.35. The van der Waals surface area contributed by atoms with Crippen LogP contribution in [-0.4, -0.2) is 40.9 Å². The number of nitrogen functional groups attached to an aromatic ring is 1. The molecule has 28 heavy (non-hydrogen) atoms. The first-order valence-electron chi connectivity index (χ1n) is 10.2. The van der Waals surface area contributed by atoms with E-state index in [0.717, 1.165) is 48.9 Å². The van der Waals surface area contributed by atoms with E-state index in [-0.39, 0.29) is 36.0 Å². The van der Waals surface area contributed by atoms with Crippen molar-refractivity contribution < 1.29 is 19.1 Å². The Balaban J connectivity index is 1.33. The van der Waals surface area contributed by atoms with Crippen molar-refractivity contribution in [3.05, 3.63) is 29.3 Å². The number of aryl methyl sites for hydroxylation is 1. The number of nitrogens with one attached hydrogen (secondary N) is 1. The Kier molecular flexibility index (Phi) is 3.98. The van der Waals surface area contributed by atoms with Gasteiger partial charge in [-0.2, -0.15) is 0 Å².